The smallest absolute Gasteiger partial charge is 0.276 e. The molecule has 1 atom stereocenters. The summed E-state index contributed by atoms with van der Waals surface area (Å²) in [6.07, 6.45) is 1.11. The van der Waals surface area contributed by atoms with E-state index in [-0.39, 0.29) is 23.2 Å². The number of hydrogen-bond donors (Lipinski definition) is 0. The Morgan fingerprint density at radius 3 is 2.91 bits per heavy atom. The molecule has 1 fully saturated rings. The van der Waals surface area contributed by atoms with E-state index >= 15 is 0 Å². The summed E-state index contributed by atoms with van der Waals surface area (Å²) >= 11 is 7.27. The van der Waals surface area contributed by atoms with Gasteiger partial charge in [0.15, 0.2) is 9.84 Å². The molecule has 5 nitrogen and oxygen atoms in total. The van der Waals surface area contributed by atoms with Gasteiger partial charge in [0.2, 0.25) is 5.89 Å². The molecule has 1 aromatic heterocycles. The summed E-state index contributed by atoms with van der Waals surface area (Å²) < 4.78 is 41.4. The van der Waals surface area contributed by atoms with E-state index in [0.717, 1.165) is 5.56 Å². The van der Waals surface area contributed by atoms with Crippen molar-refractivity contribution >= 4 is 33.2 Å². The Hall–Kier alpha value is -1.12. The highest BCUT2D eigenvalue weighted by Gasteiger charge is 2.29. The predicted octanol–water partition coefficient (Wildman–Crippen LogP) is 3.13. The molecule has 2 aromatic rings. The van der Waals surface area contributed by atoms with Crippen LogP contribution >= 0.6 is 23.4 Å². The largest absolute Gasteiger partial charge is 0.416 e. The Kier molecular flexibility index (Phi) is 4.93. The molecule has 9 heteroatoms. The SMILES string of the molecule is O=S1(=O)CCC(Cc2nnc(SCc3ccc(F)cc3Cl)o2)C1. The summed E-state index contributed by atoms with van der Waals surface area (Å²) in [4.78, 5) is 0. The molecule has 23 heavy (non-hydrogen) atoms. The minimum Gasteiger partial charge on any atom is -0.416 e. The van der Waals surface area contributed by atoms with Gasteiger partial charge in [0, 0.05) is 17.2 Å². The van der Waals surface area contributed by atoms with Crippen LogP contribution in [0.5, 0.6) is 0 Å². The lowest BCUT2D eigenvalue weighted by atomic mass is 10.1. The molecule has 0 radical (unpaired) electrons. The third-order valence-corrected chi connectivity index (χ3v) is 6.66. The Balaban J connectivity index is 1.57. The zero-order valence-corrected chi connectivity index (χ0v) is 14.4. The van der Waals surface area contributed by atoms with Gasteiger partial charge in [-0.2, -0.15) is 0 Å². The van der Waals surface area contributed by atoms with Crippen molar-refractivity contribution in [3.05, 3.63) is 40.5 Å². The van der Waals surface area contributed by atoms with Crippen LogP contribution in [0.2, 0.25) is 5.02 Å². The topological polar surface area (TPSA) is 73.1 Å². The van der Waals surface area contributed by atoms with E-state index in [0.29, 0.717) is 34.7 Å². The van der Waals surface area contributed by atoms with Crippen molar-refractivity contribution in [2.45, 2.75) is 23.8 Å². The molecule has 3 rings (SSSR count). The van der Waals surface area contributed by atoms with Crippen molar-refractivity contribution in [1.82, 2.24) is 10.2 Å². The van der Waals surface area contributed by atoms with Crippen molar-refractivity contribution in [3.8, 4) is 0 Å². The number of aromatic nitrogens is 2. The van der Waals surface area contributed by atoms with E-state index in [4.69, 9.17) is 16.0 Å². The number of sulfone groups is 1. The Bertz CT molecular complexity index is 810. The number of thioether (sulfide) groups is 1. The Morgan fingerprint density at radius 1 is 1.39 bits per heavy atom. The zero-order valence-electron chi connectivity index (χ0n) is 12.0. The molecule has 1 aliphatic rings. The Morgan fingerprint density at radius 2 is 2.22 bits per heavy atom. The van der Waals surface area contributed by atoms with Crippen LogP contribution < -0.4 is 0 Å². The quantitative estimate of drug-likeness (QED) is 0.746. The monoisotopic (exact) mass is 376 g/mol. The van der Waals surface area contributed by atoms with Crippen LogP contribution in [0, 0.1) is 11.7 Å². The maximum Gasteiger partial charge on any atom is 0.276 e. The van der Waals surface area contributed by atoms with Gasteiger partial charge in [-0.3, -0.25) is 0 Å². The average Bonchev–Trinajstić information content (AvgIpc) is 3.05. The molecule has 0 bridgehead atoms. The molecule has 0 spiro atoms. The first-order chi connectivity index (χ1) is 10.9. The van der Waals surface area contributed by atoms with Crippen LogP contribution in [0.1, 0.15) is 17.9 Å². The van der Waals surface area contributed by atoms with Gasteiger partial charge < -0.3 is 4.42 Å². The van der Waals surface area contributed by atoms with Gasteiger partial charge in [0.25, 0.3) is 5.22 Å². The molecule has 1 aliphatic heterocycles. The van der Waals surface area contributed by atoms with Gasteiger partial charge in [-0.1, -0.05) is 29.4 Å². The number of hydrogen-bond acceptors (Lipinski definition) is 6. The predicted molar refractivity (Wildman–Crippen MR) is 85.7 cm³/mol. The number of nitrogens with zero attached hydrogens (tertiary/aromatic N) is 2. The highest BCUT2D eigenvalue weighted by molar-refractivity contribution is 7.98. The van der Waals surface area contributed by atoms with Crippen molar-refractivity contribution in [2.75, 3.05) is 11.5 Å². The fourth-order valence-electron chi connectivity index (χ4n) is 2.44. The highest BCUT2D eigenvalue weighted by Crippen LogP contribution is 2.28. The molecule has 1 unspecified atom stereocenters. The van der Waals surface area contributed by atoms with Gasteiger partial charge in [0.05, 0.1) is 11.5 Å². The fourth-order valence-corrected chi connectivity index (χ4v) is 5.40. The van der Waals surface area contributed by atoms with Gasteiger partial charge in [-0.25, -0.2) is 12.8 Å². The molecule has 1 saturated heterocycles. The van der Waals surface area contributed by atoms with Crippen LogP contribution in [0.15, 0.2) is 27.8 Å². The lowest BCUT2D eigenvalue weighted by Crippen LogP contribution is -2.07. The van der Waals surface area contributed by atoms with E-state index in [1.807, 2.05) is 0 Å². The third kappa shape index (κ3) is 4.45. The molecule has 1 aromatic carbocycles. The van der Waals surface area contributed by atoms with Crippen LogP contribution in [0.4, 0.5) is 4.39 Å². The van der Waals surface area contributed by atoms with E-state index in [1.54, 1.807) is 6.07 Å². The second-order valence-corrected chi connectivity index (χ2v) is 9.02. The van der Waals surface area contributed by atoms with Gasteiger partial charge in [0.1, 0.15) is 5.82 Å². The molecule has 0 saturated carbocycles. The fraction of sp³-hybridized carbons (Fsp3) is 0.429. The van der Waals surface area contributed by atoms with E-state index in [9.17, 15) is 12.8 Å². The zero-order chi connectivity index (χ0) is 16.4. The summed E-state index contributed by atoms with van der Waals surface area (Å²) in [5.41, 5.74) is 0.778. The van der Waals surface area contributed by atoms with Crippen molar-refractivity contribution in [1.29, 1.82) is 0 Å². The number of rotatable bonds is 5. The van der Waals surface area contributed by atoms with Gasteiger partial charge in [-0.05, 0) is 30.0 Å². The lowest BCUT2D eigenvalue weighted by molar-refractivity contribution is 0.389. The molecule has 0 aliphatic carbocycles. The molecule has 0 N–H and O–H groups in total. The molecular formula is C14H14ClFN2O3S2. The van der Waals surface area contributed by atoms with E-state index in [1.165, 1.54) is 23.9 Å². The van der Waals surface area contributed by atoms with Gasteiger partial charge >= 0.3 is 0 Å². The third-order valence-electron chi connectivity index (χ3n) is 3.60. The molecular weight excluding hydrogens is 363 g/mol. The highest BCUT2D eigenvalue weighted by atomic mass is 35.5. The second kappa shape index (κ2) is 6.78. The first kappa shape index (κ1) is 16.7. The lowest BCUT2D eigenvalue weighted by Gasteiger charge is -2.02. The standard InChI is InChI=1S/C14H14ClFN2O3S2/c15-12-6-11(16)2-1-10(12)7-22-14-18-17-13(21-14)5-9-3-4-23(19,20)8-9/h1-2,6,9H,3-5,7-8H2. The second-order valence-electron chi connectivity index (χ2n) is 5.46. The number of benzene rings is 1. The summed E-state index contributed by atoms with van der Waals surface area (Å²) in [7, 11) is -2.90. The summed E-state index contributed by atoms with van der Waals surface area (Å²) in [6.45, 7) is 0. The molecule has 2 heterocycles. The average molecular weight is 377 g/mol. The maximum atomic E-state index is 13.0. The van der Waals surface area contributed by atoms with Crippen LogP contribution in [-0.4, -0.2) is 30.1 Å². The van der Waals surface area contributed by atoms with Crippen molar-refractivity contribution in [2.24, 2.45) is 5.92 Å². The normalized spacial score (nSPS) is 20.0. The van der Waals surface area contributed by atoms with Crippen LogP contribution in [0.3, 0.4) is 0 Å². The van der Waals surface area contributed by atoms with E-state index < -0.39 is 9.84 Å². The first-order valence-electron chi connectivity index (χ1n) is 7.01. The maximum absolute atomic E-state index is 13.0. The molecule has 0 amide bonds. The van der Waals surface area contributed by atoms with Gasteiger partial charge in [-0.15, -0.1) is 10.2 Å². The summed E-state index contributed by atoms with van der Waals surface area (Å²) in [5, 5.41) is 8.63. The first-order valence-corrected chi connectivity index (χ1v) is 10.2. The van der Waals surface area contributed by atoms with Crippen molar-refractivity contribution in [3.63, 3.8) is 0 Å². The van der Waals surface area contributed by atoms with Crippen molar-refractivity contribution < 1.29 is 17.2 Å². The minimum atomic E-state index is -2.90. The van der Waals surface area contributed by atoms with Crippen LogP contribution in [0.25, 0.3) is 0 Å². The summed E-state index contributed by atoms with van der Waals surface area (Å²) in [5.74, 6) is 1.01. The number of halogens is 2. The van der Waals surface area contributed by atoms with Crippen LogP contribution in [-0.2, 0) is 22.0 Å². The van der Waals surface area contributed by atoms with E-state index in [2.05, 4.69) is 10.2 Å². The molecule has 124 valence electrons. The summed E-state index contributed by atoms with van der Waals surface area (Å²) in [6, 6.07) is 4.23. The Labute approximate surface area is 142 Å². The minimum absolute atomic E-state index is 0.0462.